The molecular formula is C14H17BrN4O. The number of amides is 1. The number of nitrogens with one attached hydrogen (secondary N) is 1. The van der Waals surface area contributed by atoms with E-state index in [0.717, 1.165) is 23.1 Å². The number of nitrogens with two attached hydrogens (primary N) is 1. The van der Waals surface area contributed by atoms with E-state index in [1.807, 2.05) is 35.1 Å². The van der Waals surface area contributed by atoms with Gasteiger partial charge in [0, 0.05) is 18.4 Å². The van der Waals surface area contributed by atoms with Crippen LogP contribution in [-0.4, -0.2) is 21.7 Å². The highest BCUT2D eigenvalue weighted by atomic mass is 79.9. The average Bonchev–Trinajstić information content (AvgIpc) is 2.83. The molecule has 0 radical (unpaired) electrons. The number of nitrogens with zero attached hydrogens (tertiary/aromatic N) is 2. The molecule has 1 aromatic heterocycles. The summed E-state index contributed by atoms with van der Waals surface area (Å²) >= 11 is 3.37. The minimum atomic E-state index is -0.373. The van der Waals surface area contributed by atoms with Crippen molar-refractivity contribution in [3.8, 4) is 0 Å². The Morgan fingerprint density at radius 3 is 2.70 bits per heavy atom. The third kappa shape index (κ3) is 4.09. The molecule has 1 amide bonds. The number of primary amides is 1. The molecule has 1 atom stereocenters. The normalized spacial score (nSPS) is 12.1. The van der Waals surface area contributed by atoms with Gasteiger partial charge in [-0.1, -0.05) is 12.1 Å². The minimum Gasteiger partial charge on any atom is -0.374 e. The first-order valence-electron chi connectivity index (χ1n) is 6.37. The zero-order chi connectivity index (χ0) is 14.5. The van der Waals surface area contributed by atoms with E-state index < -0.39 is 0 Å². The molecule has 6 heteroatoms. The van der Waals surface area contributed by atoms with Crippen molar-refractivity contribution in [1.82, 2.24) is 9.78 Å². The summed E-state index contributed by atoms with van der Waals surface area (Å²) in [5.74, 6) is -0.363. The van der Waals surface area contributed by atoms with Gasteiger partial charge in [0.1, 0.15) is 6.04 Å². The number of halogens is 1. The molecule has 0 aliphatic heterocycles. The molecule has 0 spiro atoms. The molecule has 0 saturated heterocycles. The molecule has 0 unspecified atom stereocenters. The van der Waals surface area contributed by atoms with Crippen LogP contribution in [0.1, 0.15) is 12.5 Å². The van der Waals surface area contributed by atoms with Gasteiger partial charge >= 0.3 is 0 Å². The molecule has 1 heterocycles. The number of benzene rings is 1. The van der Waals surface area contributed by atoms with Gasteiger partial charge in [-0.15, -0.1) is 0 Å². The Balaban J connectivity index is 1.89. The molecule has 20 heavy (non-hydrogen) atoms. The fraction of sp³-hybridized carbons (Fsp3) is 0.286. The van der Waals surface area contributed by atoms with Crippen molar-refractivity contribution in [3.63, 3.8) is 0 Å². The number of anilines is 1. The van der Waals surface area contributed by atoms with Crippen molar-refractivity contribution in [3.05, 3.63) is 46.7 Å². The lowest BCUT2D eigenvalue weighted by Crippen LogP contribution is -2.32. The second kappa shape index (κ2) is 6.56. The molecule has 0 saturated carbocycles. The molecule has 2 aromatic rings. The van der Waals surface area contributed by atoms with Crippen molar-refractivity contribution in [1.29, 1.82) is 0 Å². The van der Waals surface area contributed by atoms with E-state index in [1.165, 1.54) is 5.56 Å². The molecule has 106 valence electrons. The standard InChI is InChI=1S/C14H17BrN4O/c1-10(14(16)20)18-13-4-2-11(3-5-13)6-7-19-9-12(15)8-17-19/h2-5,8-10,18H,6-7H2,1H3,(H2,16,20)/t10-/m1/s1. The van der Waals surface area contributed by atoms with Gasteiger partial charge in [-0.2, -0.15) is 5.10 Å². The van der Waals surface area contributed by atoms with Crippen molar-refractivity contribution in [2.24, 2.45) is 5.73 Å². The summed E-state index contributed by atoms with van der Waals surface area (Å²) in [7, 11) is 0. The van der Waals surface area contributed by atoms with Crippen LogP contribution in [0.15, 0.2) is 41.1 Å². The quantitative estimate of drug-likeness (QED) is 0.849. The van der Waals surface area contributed by atoms with Crippen LogP contribution in [0.4, 0.5) is 5.69 Å². The molecule has 0 aliphatic carbocycles. The van der Waals surface area contributed by atoms with E-state index in [9.17, 15) is 4.79 Å². The van der Waals surface area contributed by atoms with Gasteiger partial charge in [0.2, 0.25) is 5.91 Å². The van der Waals surface area contributed by atoms with Gasteiger partial charge in [0.15, 0.2) is 0 Å². The van der Waals surface area contributed by atoms with Gasteiger partial charge in [0.25, 0.3) is 0 Å². The van der Waals surface area contributed by atoms with Gasteiger partial charge in [-0.05, 0) is 47.0 Å². The fourth-order valence-corrected chi connectivity index (χ4v) is 2.12. The van der Waals surface area contributed by atoms with Gasteiger partial charge in [0.05, 0.1) is 10.7 Å². The van der Waals surface area contributed by atoms with E-state index in [2.05, 4.69) is 26.3 Å². The minimum absolute atomic E-state index is 0.363. The van der Waals surface area contributed by atoms with Crippen molar-refractivity contribution in [2.45, 2.75) is 25.9 Å². The Hall–Kier alpha value is -1.82. The summed E-state index contributed by atoms with van der Waals surface area (Å²) in [6.45, 7) is 2.57. The lowest BCUT2D eigenvalue weighted by molar-refractivity contribution is -0.118. The topological polar surface area (TPSA) is 72.9 Å². The van der Waals surface area contributed by atoms with Crippen LogP contribution in [0.25, 0.3) is 0 Å². The van der Waals surface area contributed by atoms with Crippen LogP contribution in [0.3, 0.4) is 0 Å². The Labute approximate surface area is 126 Å². The molecule has 0 aliphatic rings. The monoisotopic (exact) mass is 336 g/mol. The first kappa shape index (κ1) is 14.6. The number of hydrogen-bond donors (Lipinski definition) is 2. The van der Waals surface area contributed by atoms with Crippen LogP contribution >= 0.6 is 15.9 Å². The molecular weight excluding hydrogens is 320 g/mol. The Kier molecular flexibility index (Phi) is 4.79. The highest BCUT2D eigenvalue weighted by molar-refractivity contribution is 9.10. The molecule has 3 N–H and O–H groups in total. The van der Waals surface area contributed by atoms with Crippen LogP contribution in [0, 0.1) is 0 Å². The number of carbonyl (C=O) groups excluding carboxylic acids is 1. The SMILES string of the molecule is C[C@@H](Nc1ccc(CCn2cc(Br)cn2)cc1)C(N)=O. The number of aryl methyl sites for hydroxylation is 2. The van der Waals surface area contributed by atoms with Crippen LogP contribution in [0.5, 0.6) is 0 Å². The zero-order valence-corrected chi connectivity index (χ0v) is 12.8. The maximum Gasteiger partial charge on any atom is 0.239 e. The summed E-state index contributed by atoms with van der Waals surface area (Å²) in [5.41, 5.74) is 7.32. The van der Waals surface area contributed by atoms with E-state index in [1.54, 1.807) is 13.1 Å². The van der Waals surface area contributed by atoms with Crippen LogP contribution < -0.4 is 11.1 Å². The van der Waals surface area contributed by atoms with E-state index >= 15 is 0 Å². The molecule has 0 bridgehead atoms. The smallest absolute Gasteiger partial charge is 0.239 e. The average molecular weight is 337 g/mol. The highest BCUT2D eigenvalue weighted by Gasteiger charge is 2.07. The van der Waals surface area contributed by atoms with E-state index in [4.69, 9.17) is 5.73 Å². The van der Waals surface area contributed by atoms with Gasteiger partial charge in [-0.25, -0.2) is 0 Å². The lowest BCUT2D eigenvalue weighted by atomic mass is 10.1. The summed E-state index contributed by atoms with van der Waals surface area (Å²) in [5, 5.41) is 7.26. The Morgan fingerprint density at radius 1 is 1.45 bits per heavy atom. The Morgan fingerprint density at radius 2 is 2.15 bits per heavy atom. The van der Waals surface area contributed by atoms with Crippen LogP contribution in [-0.2, 0) is 17.8 Å². The first-order valence-corrected chi connectivity index (χ1v) is 7.16. The van der Waals surface area contributed by atoms with Crippen molar-refractivity contribution < 1.29 is 4.79 Å². The molecule has 2 rings (SSSR count). The second-order valence-electron chi connectivity index (χ2n) is 4.64. The van der Waals surface area contributed by atoms with Crippen molar-refractivity contribution in [2.75, 3.05) is 5.32 Å². The predicted octanol–water partition coefficient (Wildman–Crippen LogP) is 2.17. The summed E-state index contributed by atoms with van der Waals surface area (Å²) in [6.07, 6.45) is 4.63. The Bertz CT molecular complexity index is 579. The summed E-state index contributed by atoms with van der Waals surface area (Å²) < 4.78 is 2.88. The van der Waals surface area contributed by atoms with E-state index in [-0.39, 0.29) is 11.9 Å². The molecule has 5 nitrogen and oxygen atoms in total. The number of aromatic nitrogens is 2. The number of hydrogen-bond acceptors (Lipinski definition) is 3. The van der Waals surface area contributed by atoms with Gasteiger partial charge < -0.3 is 11.1 Å². The fourth-order valence-electron chi connectivity index (χ4n) is 1.79. The number of rotatable bonds is 6. The van der Waals surface area contributed by atoms with E-state index in [0.29, 0.717) is 0 Å². The van der Waals surface area contributed by atoms with Crippen LogP contribution in [0.2, 0.25) is 0 Å². The summed E-state index contributed by atoms with van der Waals surface area (Å²) in [6, 6.07) is 7.60. The second-order valence-corrected chi connectivity index (χ2v) is 5.55. The lowest BCUT2D eigenvalue weighted by Gasteiger charge is -2.12. The van der Waals surface area contributed by atoms with Gasteiger partial charge in [-0.3, -0.25) is 9.48 Å². The van der Waals surface area contributed by atoms with Crippen molar-refractivity contribution >= 4 is 27.5 Å². The third-order valence-electron chi connectivity index (χ3n) is 3.00. The largest absolute Gasteiger partial charge is 0.374 e. The highest BCUT2D eigenvalue weighted by Crippen LogP contribution is 2.12. The molecule has 1 aromatic carbocycles. The number of carbonyl (C=O) groups is 1. The third-order valence-corrected chi connectivity index (χ3v) is 3.40. The first-order chi connectivity index (χ1) is 9.54. The summed E-state index contributed by atoms with van der Waals surface area (Å²) in [4.78, 5) is 11.0. The molecule has 0 fully saturated rings. The maximum atomic E-state index is 11.0. The maximum absolute atomic E-state index is 11.0. The predicted molar refractivity (Wildman–Crippen MR) is 82.4 cm³/mol. The zero-order valence-electron chi connectivity index (χ0n) is 11.2.